The van der Waals surface area contributed by atoms with Gasteiger partial charge >= 0.3 is 11.9 Å². The van der Waals surface area contributed by atoms with Crippen LogP contribution in [0.1, 0.15) is 34.1 Å². The first-order valence-corrected chi connectivity index (χ1v) is 9.08. The van der Waals surface area contributed by atoms with Gasteiger partial charge in [-0.05, 0) is 38.3 Å². The molecular weight excluding hydrogens is 308 g/mol. The third-order valence-corrected chi connectivity index (χ3v) is 5.81. The molecule has 2 bridgehead atoms. The number of fused-ring (bicyclic) bond motifs is 1. The van der Waals surface area contributed by atoms with Crippen LogP contribution < -0.4 is 10.6 Å². The van der Waals surface area contributed by atoms with Crippen molar-refractivity contribution < 1.29 is 19.1 Å². The summed E-state index contributed by atoms with van der Waals surface area (Å²) in [5.74, 6) is 0.398. The highest BCUT2D eigenvalue weighted by atomic mass is 16.5. The van der Waals surface area contributed by atoms with Crippen molar-refractivity contribution in [2.75, 3.05) is 26.3 Å². The molecule has 4 fully saturated rings. The lowest BCUT2D eigenvalue weighted by Crippen LogP contribution is -2.44. The normalized spacial score (nSPS) is 37.8. The van der Waals surface area contributed by atoms with Crippen molar-refractivity contribution in [1.29, 1.82) is 0 Å². The van der Waals surface area contributed by atoms with E-state index in [0.717, 1.165) is 19.5 Å². The maximum atomic E-state index is 12.3. The van der Waals surface area contributed by atoms with Crippen LogP contribution in [0.3, 0.4) is 0 Å². The van der Waals surface area contributed by atoms with E-state index in [9.17, 15) is 9.59 Å². The zero-order valence-electron chi connectivity index (χ0n) is 15.1. The van der Waals surface area contributed by atoms with Crippen LogP contribution in [0.5, 0.6) is 0 Å². The second-order valence-corrected chi connectivity index (χ2v) is 8.62. The van der Waals surface area contributed by atoms with Crippen LogP contribution in [0.25, 0.3) is 0 Å². The maximum absolute atomic E-state index is 12.3. The van der Waals surface area contributed by atoms with Gasteiger partial charge in [-0.3, -0.25) is 9.59 Å². The highest BCUT2D eigenvalue weighted by Crippen LogP contribution is 2.41. The summed E-state index contributed by atoms with van der Waals surface area (Å²) in [4.78, 5) is 24.5. The molecule has 4 aliphatic rings. The molecule has 0 aromatic rings. The molecule has 6 nitrogen and oxygen atoms in total. The monoisotopic (exact) mass is 338 g/mol. The molecule has 0 amide bonds. The van der Waals surface area contributed by atoms with Crippen LogP contribution in [-0.4, -0.2) is 50.3 Å². The molecule has 0 unspecified atom stereocenters. The van der Waals surface area contributed by atoms with Gasteiger partial charge in [0.15, 0.2) is 0 Å². The number of hydrogen-bond acceptors (Lipinski definition) is 6. The molecule has 3 heterocycles. The molecule has 2 N–H and O–H groups in total. The number of esters is 2. The van der Waals surface area contributed by atoms with Crippen LogP contribution in [0.2, 0.25) is 0 Å². The van der Waals surface area contributed by atoms with Gasteiger partial charge in [0.1, 0.15) is 0 Å². The average molecular weight is 338 g/mol. The van der Waals surface area contributed by atoms with Crippen LogP contribution in [-0.2, 0) is 19.1 Å². The molecule has 0 spiro atoms. The minimum Gasteiger partial charge on any atom is -0.465 e. The topological polar surface area (TPSA) is 76.7 Å². The van der Waals surface area contributed by atoms with Crippen LogP contribution in [0.15, 0.2) is 0 Å². The van der Waals surface area contributed by atoms with E-state index in [-0.39, 0.29) is 54.4 Å². The van der Waals surface area contributed by atoms with E-state index in [0.29, 0.717) is 12.0 Å². The van der Waals surface area contributed by atoms with E-state index in [2.05, 4.69) is 17.6 Å². The molecule has 1 aliphatic carbocycles. The van der Waals surface area contributed by atoms with Crippen LogP contribution in [0, 0.1) is 29.1 Å². The summed E-state index contributed by atoms with van der Waals surface area (Å²) in [5.41, 5.74) is -0.375. The predicted molar refractivity (Wildman–Crippen MR) is 89.2 cm³/mol. The Labute approximate surface area is 144 Å². The van der Waals surface area contributed by atoms with Crippen molar-refractivity contribution in [2.45, 2.75) is 46.2 Å². The van der Waals surface area contributed by atoms with E-state index in [1.54, 1.807) is 0 Å². The number of carbonyl (C=O) groups is 2. The number of rotatable bonds is 6. The molecule has 6 atom stereocenters. The van der Waals surface area contributed by atoms with Crippen molar-refractivity contribution in [1.82, 2.24) is 10.6 Å². The Bertz CT molecular complexity index is 483. The van der Waals surface area contributed by atoms with Gasteiger partial charge in [0.05, 0.1) is 25.0 Å². The van der Waals surface area contributed by atoms with E-state index in [4.69, 9.17) is 9.47 Å². The minimum atomic E-state index is -0.375. The van der Waals surface area contributed by atoms with Crippen molar-refractivity contribution in [3.8, 4) is 0 Å². The van der Waals surface area contributed by atoms with Crippen molar-refractivity contribution in [2.24, 2.45) is 29.1 Å². The largest absolute Gasteiger partial charge is 0.465 e. The fourth-order valence-corrected chi connectivity index (χ4v) is 4.15. The Kier molecular flexibility index (Phi) is 4.89. The summed E-state index contributed by atoms with van der Waals surface area (Å²) in [6.07, 6.45) is 1.09. The lowest BCUT2D eigenvalue weighted by molar-refractivity contribution is -0.161. The van der Waals surface area contributed by atoms with Gasteiger partial charge in [-0.25, -0.2) is 0 Å². The molecule has 0 aromatic heterocycles. The van der Waals surface area contributed by atoms with Crippen molar-refractivity contribution >= 4 is 11.9 Å². The molecule has 3 aliphatic heterocycles. The standard InChI is InChI=1S/C18H30N2O4/c1-10-6-19-11(2)14(10)16(21)23-8-18(3,4)9-24-17(22)15-12-5-13(15)20-7-12/h10-15,19-20H,5-9H2,1-4H3/t10-,11-,12-,13-,14+,15+/m1/s1. The number of hydrogen-bond donors (Lipinski definition) is 2. The molecule has 136 valence electrons. The van der Waals surface area contributed by atoms with Gasteiger partial charge in [0.2, 0.25) is 0 Å². The van der Waals surface area contributed by atoms with Crippen LogP contribution in [0.4, 0.5) is 0 Å². The first-order chi connectivity index (χ1) is 11.3. The Hall–Kier alpha value is -1.14. The molecule has 0 radical (unpaired) electrons. The van der Waals surface area contributed by atoms with Gasteiger partial charge in [-0.2, -0.15) is 0 Å². The predicted octanol–water partition coefficient (Wildman–Crippen LogP) is 0.951. The Morgan fingerprint density at radius 2 is 1.62 bits per heavy atom. The first-order valence-electron chi connectivity index (χ1n) is 9.08. The SMILES string of the molecule is C[C@@H]1CN[C@H](C)[C@H]1C(=O)OCC(C)(C)COC(=O)[C@H]1[C@H]2CN[C@@H]1C2. The minimum absolute atomic E-state index is 0.0228. The lowest BCUT2D eigenvalue weighted by Gasteiger charge is -2.33. The number of ether oxygens (including phenoxy) is 2. The summed E-state index contributed by atoms with van der Waals surface area (Å²) >= 11 is 0. The smallest absolute Gasteiger partial charge is 0.310 e. The van der Waals surface area contributed by atoms with E-state index in [1.165, 1.54) is 0 Å². The zero-order valence-corrected chi connectivity index (χ0v) is 15.1. The molecule has 4 rings (SSSR count). The number of nitrogens with one attached hydrogen (secondary N) is 2. The highest BCUT2D eigenvalue weighted by Gasteiger charge is 2.51. The maximum Gasteiger partial charge on any atom is 0.310 e. The summed E-state index contributed by atoms with van der Waals surface area (Å²) in [5, 5.41) is 6.63. The Balaban J connectivity index is 1.42. The summed E-state index contributed by atoms with van der Waals surface area (Å²) in [6, 6.07) is 0.455. The van der Waals surface area contributed by atoms with Crippen molar-refractivity contribution in [3.05, 3.63) is 0 Å². The first kappa shape index (κ1) is 17.7. The molecule has 24 heavy (non-hydrogen) atoms. The van der Waals surface area contributed by atoms with E-state index in [1.807, 2.05) is 20.8 Å². The quantitative estimate of drug-likeness (QED) is 0.702. The van der Waals surface area contributed by atoms with Crippen LogP contribution >= 0.6 is 0 Å². The summed E-state index contributed by atoms with van der Waals surface area (Å²) in [7, 11) is 0. The molecule has 3 saturated heterocycles. The third-order valence-electron chi connectivity index (χ3n) is 5.81. The lowest BCUT2D eigenvalue weighted by atomic mass is 9.74. The summed E-state index contributed by atoms with van der Waals surface area (Å²) in [6.45, 7) is 10.3. The Morgan fingerprint density at radius 3 is 2.08 bits per heavy atom. The molecular formula is C18H30N2O4. The highest BCUT2D eigenvalue weighted by molar-refractivity contribution is 5.76. The third kappa shape index (κ3) is 3.45. The summed E-state index contributed by atoms with van der Waals surface area (Å²) < 4.78 is 11.0. The molecule has 1 saturated carbocycles. The van der Waals surface area contributed by atoms with E-state index >= 15 is 0 Å². The zero-order chi connectivity index (χ0) is 17.5. The molecule has 0 aromatic carbocycles. The second kappa shape index (κ2) is 6.64. The number of carbonyl (C=O) groups excluding carboxylic acids is 2. The van der Waals surface area contributed by atoms with Gasteiger partial charge in [0, 0.05) is 17.5 Å². The van der Waals surface area contributed by atoms with Crippen molar-refractivity contribution in [3.63, 3.8) is 0 Å². The van der Waals surface area contributed by atoms with Gasteiger partial charge < -0.3 is 20.1 Å². The fourth-order valence-electron chi connectivity index (χ4n) is 4.15. The average Bonchev–Trinajstić information content (AvgIpc) is 3.20. The van der Waals surface area contributed by atoms with Gasteiger partial charge in [-0.15, -0.1) is 0 Å². The second-order valence-electron chi connectivity index (χ2n) is 8.62. The fraction of sp³-hybridized carbons (Fsp3) is 0.889. The van der Waals surface area contributed by atoms with E-state index < -0.39 is 0 Å². The molecule has 6 heteroatoms. The van der Waals surface area contributed by atoms with Gasteiger partial charge in [0.25, 0.3) is 0 Å². The van der Waals surface area contributed by atoms with Gasteiger partial charge in [-0.1, -0.05) is 20.8 Å². The Morgan fingerprint density at radius 1 is 1.00 bits per heavy atom.